The normalized spacial score (nSPS) is 17.7. The monoisotopic (exact) mass is 477 g/mol. The van der Waals surface area contributed by atoms with Gasteiger partial charge in [-0.3, -0.25) is 9.69 Å². The van der Waals surface area contributed by atoms with Crippen LogP contribution in [0, 0.1) is 5.92 Å². The number of rotatable bonds is 6. The molecule has 1 unspecified atom stereocenters. The third-order valence-electron chi connectivity index (χ3n) is 6.42. The van der Waals surface area contributed by atoms with E-state index in [0.29, 0.717) is 34.7 Å². The molecular formula is C23H29Cl2N5O2. The summed E-state index contributed by atoms with van der Waals surface area (Å²) in [7, 11) is 1.73. The average Bonchev–Trinajstić information content (AvgIpc) is 2.71. The van der Waals surface area contributed by atoms with Crippen LogP contribution in [0.25, 0.3) is 0 Å². The number of hydrogen-bond donors (Lipinski definition) is 2. The number of carbonyl (C=O) groups excluding carboxylic acids is 2. The summed E-state index contributed by atoms with van der Waals surface area (Å²) in [5.41, 5.74) is 2.16. The van der Waals surface area contributed by atoms with E-state index < -0.39 is 0 Å². The molecule has 0 bridgehead atoms. The summed E-state index contributed by atoms with van der Waals surface area (Å²) in [5, 5.41) is 6.34. The second-order valence-electron chi connectivity index (χ2n) is 8.32. The van der Waals surface area contributed by atoms with E-state index in [4.69, 9.17) is 16.6 Å². The lowest BCUT2D eigenvalue weighted by Gasteiger charge is -2.44. The molecule has 172 valence electrons. The van der Waals surface area contributed by atoms with Crippen LogP contribution in [-0.4, -0.2) is 41.0 Å². The summed E-state index contributed by atoms with van der Waals surface area (Å²) in [6.07, 6.45) is 3.49. The molecule has 2 aromatic rings. The maximum atomic E-state index is 13.6. The minimum atomic E-state index is -0.336. The zero-order chi connectivity index (χ0) is 22.1. The van der Waals surface area contributed by atoms with Gasteiger partial charge in [-0.15, -0.1) is 12.4 Å². The van der Waals surface area contributed by atoms with Crippen LogP contribution in [0.3, 0.4) is 0 Å². The minimum Gasteiger partial charge on any atom is -0.315 e. The molecule has 4 rings (SSSR count). The van der Waals surface area contributed by atoms with Gasteiger partial charge in [-0.05, 0) is 70.0 Å². The van der Waals surface area contributed by atoms with Gasteiger partial charge in [-0.1, -0.05) is 24.1 Å². The average molecular weight is 478 g/mol. The fourth-order valence-electron chi connectivity index (χ4n) is 4.07. The molecular weight excluding hydrogens is 449 g/mol. The van der Waals surface area contributed by atoms with Crippen LogP contribution < -0.4 is 15.5 Å². The van der Waals surface area contributed by atoms with Gasteiger partial charge in [0.25, 0.3) is 0 Å². The number of anilines is 3. The van der Waals surface area contributed by atoms with E-state index in [0.717, 1.165) is 18.5 Å². The van der Waals surface area contributed by atoms with Gasteiger partial charge in [0.1, 0.15) is 5.82 Å². The van der Waals surface area contributed by atoms with Crippen molar-refractivity contribution < 1.29 is 9.59 Å². The molecule has 1 aromatic heterocycles. The maximum absolute atomic E-state index is 13.6. The number of halogens is 2. The van der Waals surface area contributed by atoms with Gasteiger partial charge in [0, 0.05) is 11.1 Å². The predicted octanol–water partition coefficient (Wildman–Crippen LogP) is 4.97. The Morgan fingerprint density at radius 2 is 1.97 bits per heavy atom. The Kier molecular flexibility index (Phi) is 7.64. The predicted molar refractivity (Wildman–Crippen MR) is 130 cm³/mol. The first-order valence-corrected chi connectivity index (χ1v) is 11.1. The highest BCUT2D eigenvalue weighted by Gasteiger charge is 2.39. The number of hydrogen-bond acceptors (Lipinski definition) is 4. The molecule has 2 atom stereocenters. The molecule has 2 heterocycles. The van der Waals surface area contributed by atoms with Crippen molar-refractivity contribution >= 4 is 53.1 Å². The van der Waals surface area contributed by atoms with E-state index in [1.165, 1.54) is 6.42 Å². The summed E-state index contributed by atoms with van der Waals surface area (Å²) in [6.45, 7) is 4.31. The molecule has 0 saturated heterocycles. The molecule has 7 nitrogen and oxygen atoms in total. The second kappa shape index (κ2) is 10.1. The number of amides is 3. The second-order valence-corrected chi connectivity index (χ2v) is 8.76. The van der Waals surface area contributed by atoms with E-state index in [1.807, 2.05) is 23.1 Å². The Morgan fingerprint density at radius 3 is 2.59 bits per heavy atom. The van der Waals surface area contributed by atoms with E-state index >= 15 is 0 Å². The number of fused-ring (bicyclic) bond motifs is 1. The van der Waals surface area contributed by atoms with Crippen molar-refractivity contribution in [2.75, 3.05) is 17.3 Å². The van der Waals surface area contributed by atoms with Gasteiger partial charge in [0.15, 0.2) is 0 Å². The molecule has 1 aromatic carbocycles. The molecule has 2 aliphatic rings. The molecule has 0 spiro atoms. The number of benzene rings is 1. The fraction of sp³-hybridized carbons (Fsp3) is 0.435. The third kappa shape index (κ3) is 4.70. The Labute approximate surface area is 199 Å². The zero-order valence-electron chi connectivity index (χ0n) is 18.5. The summed E-state index contributed by atoms with van der Waals surface area (Å²) in [6, 6.07) is 10.5. The lowest BCUT2D eigenvalue weighted by atomic mass is 9.79. The number of nitrogens with one attached hydrogen (secondary N) is 2. The molecule has 2 N–H and O–H groups in total. The Morgan fingerprint density at radius 1 is 1.22 bits per heavy atom. The first-order chi connectivity index (χ1) is 14.9. The SMILES string of the molecule is CNC(C)C(=O)Nc1ccc2c(n1)CN([C@@H](C)C1CCC1)C(=O)N2c1cccc(Cl)c1.Cl. The Bertz CT molecular complexity index is 998. The van der Waals surface area contributed by atoms with Crippen LogP contribution in [0.5, 0.6) is 0 Å². The quantitative estimate of drug-likeness (QED) is 0.615. The number of pyridine rings is 1. The maximum Gasteiger partial charge on any atom is 0.329 e. The van der Waals surface area contributed by atoms with E-state index in [1.54, 1.807) is 37.1 Å². The number of carbonyl (C=O) groups is 2. The Balaban J connectivity index is 0.00000289. The minimum absolute atomic E-state index is 0. The molecule has 1 aliphatic carbocycles. The molecule has 9 heteroatoms. The van der Waals surface area contributed by atoms with Crippen LogP contribution in [0.2, 0.25) is 5.02 Å². The lowest BCUT2D eigenvalue weighted by Crippen LogP contribution is -2.52. The van der Waals surface area contributed by atoms with E-state index in [2.05, 4.69) is 17.6 Å². The van der Waals surface area contributed by atoms with Gasteiger partial charge >= 0.3 is 6.03 Å². The highest BCUT2D eigenvalue weighted by molar-refractivity contribution is 6.31. The van der Waals surface area contributed by atoms with Crippen molar-refractivity contribution in [1.82, 2.24) is 15.2 Å². The van der Waals surface area contributed by atoms with E-state index in [9.17, 15) is 9.59 Å². The van der Waals surface area contributed by atoms with Crippen LogP contribution in [0.1, 0.15) is 38.8 Å². The molecule has 1 aliphatic heterocycles. The smallest absolute Gasteiger partial charge is 0.315 e. The van der Waals surface area contributed by atoms with Crippen LogP contribution in [0.4, 0.5) is 22.0 Å². The topological polar surface area (TPSA) is 77.6 Å². The molecule has 0 radical (unpaired) electrons. The largest absolute Gasteiger partial charge is 0.329 e. The van der Waals surface area contributed by atoms with Crippen molar-refractivity contribution in [1.29, 1.82) is 0 Å². The molecule has 3 amide bonds. The highest BCUT2D eigenvalue weighted by atomic mass is 35.5. The van der Waals surface area contributed by atoms with Gasteiger partial charge in [-0.25, -0.2) is 9.78 Å². The van der Waals surface area contributed by atoms with Crippen molar-refractivity contribution in [3.05, 3.63) is 47.1 Å². The molecule has 32 heavy (non-hydrogen) atoms. The Hall–Kier alpha value is -2.35. The van der Waals surface area contributed by atoms with Gasteiger partial charge in [-0.2, -0.15) is 0 Å². The van der Waals surface area contributed by atoms with Crippen LogP contribution in [0.15, 0.2) is 36.4 Å². The van der Waals surface area contributed by atoms with E-state index in [-0.39, 0.29) is 36.4 Å². The fourth-order valence-corrected chi connectivity index (χ4v) is 4.25. The number of aromatic nitrogens is 1. The molecule has 1 fully saturated rings. The van der Waals surface area contributed by atoms with Crippen molar-refractivity contribution in [3.63, 3.8) is 0 Å². The van der Waals surface area contributed by atoms with Gasteiger partial charge < -0.3 is 15.5 Å². The number of nitrogens with zero attached hydrogens (tertiary/aromatic N) is 3. The van der Waals surface area contributed by atoms with Crippen molar-refractivity contribution in [2.45, 2.75) is 51.7 Å². The summed E-state index contributed by atoms with van der Waals surface area (Å²) < 4.78 is 0. The number of likely N-dealkylation sites (N-methyl/N-ethyl adjacent to an activating group) is 1. The summed E-state index contributed by atoms with van der Waals surface area (Å²) >= 11 is 6.23. The summed E-state index contributed by atoms with van der Waals surface area (Å²) in [5.74, 6) is 0.821. The highest BCUT2D eigenvalue weighted by Crippen LogP contribution is 2.39. The third-order valence-corrected chi connectivity index (χ3v) is 6.65. The van der Waals surface area contributed by atoms with Gasteiger partial charge in [0.05, 0.1) is 29.7 Å². The number of urea groups is 1. The molecule has 1 saturated carbocycles. The first kappa shape index (κ1) is 24.3. The standard InChI is InChI=1S/C23H28ClN5O2.ClH/c1-14(25-3)22(30)27-21-11-10-20-19(26-21)13-28(15(2)16-6-4-7-16)23(31)29(20)18-9-5-8-17(24)12-18;/h5,8-12,14-16,25H,4,6-7,13H2,1-3H3,(H,26,27,30);1H/t14?,15-;/m0./s1. The van der Waals surface area contributed by atoms with Crippen molar-refractivity contribution in [3.8, 4) is 0 Å². The lowest BCUT2D eigenvalue weighted by molar-refractivity contribution is -0.117. The van der Waals surface area contributed by atoms with Crippen molar-refractivity contribution in [2.24, 2.45) is 5.92 Å². The summed E-state index contributed by atoms with van der Waals surface area (Å²) in [4.78, 5) is 34.1. The van der Waals surface area contributed by atoms with Crippen LogP contribution >= 0.6 is 24.0 Å². The van der Waals surface area contributed by atoms with Crippen LogP contribution in [-0.2, 0) is 11.3 Å². The first-order valence-electron chi connectivity index (χ1n) is 10.7. The zero-order valence-corrected chi connectivity index (χ0v) is 20.0. The van der Waals surface area contributed by atoms with Gasteiger partial charge in [0.2, 0.25) is 5.91 Å².